The van der Waals surface area contributed by atoms with E-state index >= 15 is 0 Å². The molecule has 0 radical (unpaired) electrons. The van der Waals surface area contributed by atoms with E-state index in [9.17, 15) is 25.2 Å². The van der Waals surface area contributed by atoms with Crippen LogP contribution in [0.1, 0.15) is 0 Å². The van der Waals surface area contributed by atoms with Gasteiger partial charge in [0.2, 0.25) is 6.29 Å². The molecule has 2 aromatic heterocycles. The van der Waals surface area contributed by atoms with Crippen molar-refractivity contribution in [3.05, 3.63) is 65.0 Å². The van der Waals surface area contributed by atoms with Gasteiger partial charge in [0.05, 0.1) is 23.6 Å². The van der Waals surface area contributed by atoms with Crippen molar-refractivity contribution in [2.24, 2.45) is 0 Å². The van der Waals surface area contributed by atoms with Crippen LogP contribution < -0.4 is 10.2 Å². The molecule has 1 aliphatic heterocycles. The summed E-state index contributed by atoms with van der Waals surface area (Å²) < 4.78 is 22.5. The summed E-state index contributed by atoms with van der Waals surface area (Å²) in [5.41, 5.74) is 1.31. The average molecular weight is 440 g/mol. The minimum Gasteiger partial charge on any atom is -0.464 e. The van der Waals surface area contributed by atoms with E-state index < -0.39 is 37.3 Å². The smallest absolute Gasteiger partial charge is 0.229 e. The Hall–Kier alpha value is -3.21. The van der Waals surface area contributed by atoms with E-state index in [2.05, 4.69) is 0 Å². The monoisotopic (exact) mass is 440 g/mol. The highest BCUT2D eigenvalue weighted by Gasteiger charge is 2.44. The number of benzene rings is 2. The Balaban J connectivity index is 1.49. The highest BCUT2D eigenvalue weighted by atomic mass is 16.7. The van der Waals surface area contributed by atoms with Crippen LogP contribution in [0.2, 0.25) is 0 Å². The molecule has 0 spiro atoms. The Morgan fingerprint density at radius 1 is 0.938 bits per heavy atom. The summed E-state index contributed by atoms with van der Waals surface area (Å²) >= 11 is 0. The number of aliphatic hydroxyl groups is 4. The fourth-order valence-electron chi connectivity index (χ4n) is 3.82. The number of hydrogen-bond donors (Lipinski definition) is 4. The number of fused-ring (bicyclic) bond motifs is 3. The van der Waals surface area contributed by atoms with Gasteiger partial charge in [0.1, 0.15) is 47.1 Å². The Morgan fingerprint density at radius 3 is 2.59 bits per heavy atom. The summed E-state index contributed by atoms with van der Waals surface area (Å²) in [7, 11) is 0. The number of rotatable bonds is 4. The molecule has 4 aromatic rings. The molecule has 4 N–H and O–H groups in total. The van der Waals surface area contributed by atoms with Crippen molar-refractivity contribution in [3.63, 3.8) is 0 Å². The normalized spacial score (nSPS) is 25.9. The van der Waals surface area contributed by atoms with Crippen molar-refractivity contribution in [1.82, 2.24) is 0 Å². The SMILES string of the molecule is O=c1cc(-c2cccc(O[C@H]3O[C@@H](CO)[C@H](O)[C@@H](O)[C@@H]3O)c2)oc2c1ccc1occc12. The predicted molar refractivity (Wildman–Crippen MR) is 112 cm³/mol. The molecule has 9 nitrogen and oxygen atoms in total. The van der Waals surface area contributed by atoms with Gasteiger partial charge in [-0.05, 0) is 30.3 Å². The molecule has 3 heterocycles. The van der Waals surface area contributed by atoms with Crippen LogP contribution in [-0.2, 0) is 4.74 Å². The molecular weight excluding hydrogens is 420 g/mol. The van der Waals surface area contributed by atoms with E-state index in [-0.39, 0.29) is 11.2 Å². The van der Waals surface area contributed by atoms with Crippen LogP contribution in [0.15, 0.2) is 68.4 Å². The fourth-order valence-corrected chi connectivity index (χ4v) is 3.82. The average Bonchev–Trinajstić information content (AvgIpc) is 3.29. The first-order chi connectivity index (χ1) is 15.5. The first-order valence-electron chi connectivity index (χ1n) is 9.98. The lowest BCUT2D eigenvalue weighted by Gasteiger charge is -2.39. The van der Waals surface area contributed by atoms with Crippen molar-refractivity contribution in [1.29, 1.82) is 0 Å². The van der Waals surface area contributed by atoms with Crippen LogP contribution in [0.3, 0.4) is 0 Å². The van der Waals surface area contributed by atoms with Crippen molar-refractivity contribution < 1.29 is 38.7 Å². The largest absolute Gasteiger partial charge is 0.464 e. The van der Waals surface area contributed by atoms with E-state index in [0.29, 0.717) is 33.3 Å². The van der Waals surface area contributed by atoms with Crippen LogP contribution >= 0.6 is 0 Å². The predicted octanol–water partition coefficient (Wildman–Crippen LogP) is 1.38. The quantitative estimate of drug-likeness (QED) is 0.370. The van der Waals surface area contributed by atoms with Gasteiger partial charge in [-0.25, -0.2) is 0 Å². The molecule has 166 valence electrons. The molecular formula is C23H20O9. The molecule has 32 heavy (non-hydrogen) atoms. The zero-order chi connectivity index (χ0) is 22.4. The van der Waals surface area contributed by atoms with Crippen molar-refractivity contribution >= 4 is 21.9 Å². The molecule has 1 aliphatic rings. The number of furan rings is 1. The lowest BCUT2D eigenvalue weighted by molar-refractivity contribution is -0.277. The lowest BCUT2D eigenvalue weighted by atomic mass is 9.99. The standard InChI is InChI=1S/C23H20O9/c24-10-18-19(26)20(27)21(28)23(32-18)30-12-3-1-2-11(8-12)17-9-15(25)13-4-5-16-14(6-7-29-16)22(13)31-17/h1-9,18-21,23-24,26-28H,10H2/t18-,19-,20+,21-,23-/m0/s1. The van der Waals surface area contributed by atoms with E-state index in [1.165, 1.54) is 12.3 Å². The van der Waals surface area contributed by atoms with Gasteiger partial charge in [-0.2, -0.15) is 0 Å². The van der Waals surface area contributed by atoms with Gasteiger partial charge in [0.15, 0.2) is 5.43 Å². The van der Waals surface area contributed by atoms with E-state index in [1.54, 1.807) is 42.5 Å². The number of hydrogen-bond acceptors (Lipinski definition) is 9. The molecule has 1 saturated heterocycles. The van der Waals surface area contributed by atoms with Gasteiger partial charge in [0, 0.05) is 11.6 Å². The second-order valence-corrected chi connectivity index (χ2v) is 7.59. The third-order valence-corrected chi connectivity index (χ3v) is 5.54. The number of ether oxygens (including phenoxy) is 2. The summed E-state index contributed by atoms with van der Waals surface area (Å²) in [5, 5.41) is 40.5. The molecule has 0 saturated carbocycles. The van der Waals surface area contributed by atoms with Crippen molar-refractivity contribution in [3.8, 4) is 17.1 Å². The van der Waals surface area contributed by atoms with Crippen LogP contribution in [-0.4, -0.2) is 57.7 Å². The minimum atomic E-state index is -1.55. The third-order valence-electron chi connectivity index (χ3n) is 5.54. The van der Waals surface area contributed by atoms with Crippen LogP contribution in [0.5, 0.6) is 5.75 Å². The molecule has 0 amide bonds. The molecule has 0 aliphatic carbocycles. The van der Waals surface area contributed by atoms with E-state index in [4.69, 9.17) is 18.3 Å². The zero-order valence-electron chi connectivity index (χ0n) is 16.6. The van der Waals surface area contributed by atoms with E-state index in [1.807, 2.05) is 0 Å². The summed E-state index contributed by atoms with van der Waals surface area (Å²) in [6.07, 6.45) is -5.46. The first-order valence-corrected chi connectivity index (χ1v) is 9.98. The van der Waals surface area contributed by atoms with Gasteiger partial charge in [0.25, 0.3) is 0 Å². The zero-order valence-corrected chi connectivity index (χ0v) is 16.6. The van der Waals surface area contributed by atoms with Gasteiger partial charge >= 0.3 is 0 Å². The van der Waals surface area contributed by atoms with Gasteiger partial charge in [-0.1, -0.05) is 12.1 Å². The Morgan fingerprint density at radius 2 is 1.78 bits per heavy atom. The van der Waals surface area contributed by atoms with Crippen LogP contribution in [0.25, 0.3) is 33.3 Å². The molecule has 0 unspecified atom stereocenters. The first kappa shape index (κ1) is 20.7. The second-order valence-electron chi connectivity index (χ2n) is 7.59. The molecule has 1 fully saturated rings. The lowest BCUT2D eigenvalue weighted by Crippen LogP contribution is -2.60. The van der Waals surface area contributed by atoms with E-state index in [0.717, 1.165) is 0 Å². The third kappa shape index (κ3) is 3.46. The summed E-state index contributed by atoms with van der Waals surface area (Å²) in [4.78, 5) is 12.7. The molecule has 5 rings (SSSR count). The molecule has 2 aromatic carbocycles. The maximum absolute atomic E-state index is 12.7. The summed E-state index contributed by atoms with van der Waals surface area (Å²) in [6.45, 7) is -0.560. The Bertz CT molecular complexity index is 1320. The summed E-state index contributed by atoms with van der Waals surface area (Å²) in [5.74, 6) is 0.562. The second kappa shape index (κ2) is 8.05. The molecule has 0 bridgehead atoms. The highest BCUT2D eigenvalue weighted by Crippen LogP contribution is 2.31. The summed E-state index contributed by atoms with van der Waals surface area (Å²) in [6, 6.07) is 13.0. The van der Waals surface area contributed by atoms with Crippen LogP contribution in [0.4, 0.5) is 0 Å². The van der Waals surface area contributed by atoms with Gasteiger partial charge in [-0.15, -0.1) is 0 Å². The van der Waals surface area contributed by atoms with Gasteiger partial charge < -0.3 is 38.7 Å². The topological polar surface area (TPSA) is 143 Å². The Kier molecular flexibility index (Phi) is 5.20. The van der Waals surface area contributed by atoms with Crippen LogP contribution in [0, 0.1) is 0 Å². The van der Waals surface area contributed by atoms with Crippen molar-refractivity contribution in [2.75, 3.05) is 6.61 Å². The minimum absolute atomic E-state index is 0.218. The van der Waals surface area contributed by atoms with Crippen molar-refractivity contribution in [2.45, 2.75) is 30.7 Å². The maximum Gasteiger partial charge on any atom is 0.229 e. The molecule has 9 heteroatoms. The molecule has 5 atom stereocenters. The number of aliphatic hydroxyl groups excluding tert-OH is 4. The Labute approximate surface area is 180 Å². The maximum atomic E-state index is 12.7. The highest BCUT2D eigenvalue weighted by molar-refractivity contribution is 6.02. The van der Waals surface area contributed by atoms with Gasteiger partial charge in [-0.3, -0.25) is 4.79 Å². The fraction of sp³-hybridized carbons (Fsp3) is 0.261.